The highest BCUT2D eigenvalue weighted by molar-refractivity contribution is 5.73. The van der Waals surface area contributed by atoms with Gasteiger partial charge in [-0.25, -0.2) is 0 Å². The van der Waals surface area contributed by atoms with Crippen molar-refractivity contribution in [2.24, 2.45) is 11.8 Å². The van der Waals surface area contributed by atoms with Crippen LogP contribution in [0.15, 0.2) is 0 Å². The average molecular weight is 202 g/mol. The van der Waals surface area contributed by atoms with Gasteiger partial charge in [-0.3, -0.25) is 4.79 Å². The molecule has 0 saturated carbocycles. The molecule has 0 heterocycles. The minimum atomic E-state index is -0.452. The molecule has 3 heteroatoms. The molecule has 0 rings (SSSR count). The van der Waals surface area contributed by atoms with Crippen LogP contribution in [0.25, 0.3) is 0 Å². The second-order valence-electron chi connectivity index (χ2n) is 4.02. The monoisotopic (exact) mass is 202 g/mol. The van der Waals surface area contributed by atoms with Crippen LogP contribution in [0, 0.1) is 11.8 Å². The van der Waals surface area contributed by atoms with Gasteiger partial charge in [0.2, 0.25) is 0 Å². The Morgan fingerprint density at radius 1 is 1.36 bits per heavy atom. The molecule has 0 amide bonds. The molecule has 0 aliphatic carbocycles. The molecule has 0 unspecified atom stereocenters. The van der Waals surface area contributed by atoms with E-state index in [1.54, 1.807) is 7.11 Å². The second-order valence-corrected chi connectivity index (χ2v) is 4.02. The summed E-state index contributed by atoms with van der Waals surface area (Å²) < 4.78 is 10.4. The molecule has 0 aliphatic rings. The molecule has 3 nitrogen and oxygen atoms in total. The van der Waals surface area contributed by atoms with Crippen molar-refractivity contribution in [3.63, 3.8) is 0 Å². The third-order valence-corrected chi connectivity index (χ3v) is 3.09. The summed E-state index contributed by atoms with van der Waals surface area (Å²) in [6.45, 7) is 10.1. The van der Waals surface area contributed by atoms with Gasteiger partial charge < -0.3 is 9.47 Å². The highest BCUT2D eigenvalue weighted by Crippen LogP contribution is 2.30. The lowest BCUT2D eigenvalue weighted by Gasteiger charge is -2.36. The maximum atomic E-state index is 11.6. The van der Waals surface area contributed by atoms with Gasteiger partial charge in [-0.15, -0.1) is 0 Å². The quantitative estimate of drug-likeness (QED) is 0.641. The van der Waals surface area contributed by atoms with Crippen molar-refractivity contribution in [1.29, 1.82) is 0 Å². The first kappa shape index (κ1) is 13.4. The summed E-state index contributed by atoms with van der Waals surface area (Å²) in [7, 11) is 1.63. The van der Waals surface area contributed by atoms with E-state index < -0.39 is 5.60 Å². The van der Waals surface area contributed by atoms with Crippen LogP contribution >= 0.6 is 0 Å². The van der Waals surface area contributed by atoms with Gasteiger partial charge >= 0.3 is 5.97 Å². The maximum absolute atomic E-state index is 11.6. The van der Waals surface area contributed by atoms with E-state index in [1.165, 1.54) is 0 Å². The number of carbonyl (C=O) groups is 1. The van der Waals surface area contributed by atoms with E-state index in [2.05, 4.69) is 0 Å². The smallest absolute Gasteiger partial charge is 0.311 e. The molecule has 0 radical (unpaired) electrons. The Morgan fingerprint density at radius 3 is 2.14 bits per heavy atom. The average Bonchev–Trinajstić information content (AvgIpc) is 2.15. The molecule has 14 heavy (non-hydrogen) atoms. The van der Waals surface area contributed by atoms with Gasteiger partial charge in [-0.05, 0) is 26.7 Å². The van der Waals surface area contributed by atoms with Crippen molar-refractivity contribution >= 4 is 5.97 Å². The predicted molar refractivity (Wildman–Crippen MR) is 56.0 cm³/mol. The fourth-order valence-electron chi connectivity index (χ4n) is 1.41. The minimum absolute atomic E-state index is 0.189. The third kappa shape index (κ3) is 2.71. The zero-order valence-corrected chi connectivity index (χ0v) is 10.1. The van der Waals surface area contributed by atoms with E-state index in [-0.39, 0.29) is 17.8 Å². The van der Waals surface area contributed by atoms with Crippen LogP contribution in [0.3, 0.4) is 0 Å². The molecule has 2 atom stereocenters. The zero-order valence-electron chi connectivity index (χ0n) is 10.1. The van der Waals surface area contributed by atoms with Gasteiger partial charge in [0.1, 0.15) is 0 Å². The summed E-state index contributed by atoms with van der Waals surface area (Å²) in [5.74, 6) is -0.162. The van der Waals surface area contributed by atoms with Crippen LogP contribution in [-0.2, 0) is 14.3 Å². The van der Waals surface area contributed by atoms with Crippen LogP contribution in [0.4, 0.5) is 0 Å². The standard InChI is InChI=1S/C11H22O3/c1-7-14-10(12)9(4)11(5,13-6)8(2)3/h8-9H,7H2,1-6H3/t9-,11+/m0/s1. The maximum Gasteiger partial charge on any atom is 0.311 e. The van der Waals surface area contributed by atoms with Crippen LogP contribution in [0.2, 0.25) is 0 Å². The highest BCUT2D eigenvalue weighted by atomic mass is 16.5. The molecule has 0 aromatic heterocycles. The van der Waals surface area contributed by atoms with Gasteiger partial charge in [0.15, 0.2) is 0 Å². The van der Waals surface area contributed by atoms with E-state index in [9.17, 15) is 4.79 Å². The first-order chi connectivity index (χ1) is 6.40. The lowest BCUT2D eigenvalue weighted by molar-refractivity contribution is -0.162. The van der Waals surface area contributed by atoms with Crippen molar-refractivity contribution in [2.45, 2.75) is 40.2 Å². The van der Waals surface area contributed by atoms with Gasteiger partial charge in [0, 0.05) is 7.11 Å². The molecule has 0 aliphatic heterocycles. The van der Waals surface area contributed by atoms with Gasteiger partial charge in [-0.1, -0.05) is 13.8 Å². The van der Waals surface area contributed by atoms with Crippen LogP contribution in [0.1, 0.15) is 34.6 Å². The molecular weight excluding hydrogens is 180 g/mol. The first-order valence-electron chi connectivity index (χ1n) is 5.11. The molecule has 0 aromatic carbocycles. The van der Waals surface area contributed by atoms with Crippen LogP contribution in [-0.4, -0.2) is 25.3 Å². The number of hydrogen-bond donors (Lipinski definition) is 0. The van der Waals surface area contributed by atoms with Gasteiger partial charge in [-0.2, -0.15) is 0 Å². The number of rotatable bonds is 5. The zero-order chi connectivity index (χ0) is 11.4. The fraction of sp³-hybridized carbons (Fsp3) is 0.909. The summed E-state index contributed by atoms with van der Waals surface area (Å²) in [4.78, 5) is 11.6. The van der Waals surface area contributed by atoms with E-state index in [0.717, 1.165) is 0 Å². The molecule has 0 saturated heterocycles. The van der Waals surface area contributed by atoms with Gasteiger partial charge in [0.25, 0.3) is 0 Å². The van der Waals surface area contributed by atoms with E-state index in [4.69, 9.17) is 9.47 Å². The van der Waals surface area contributed by atoms with Crippen LogP contribution in [0.5, 0.6) is 0 Å². The van der Waals surface area contributed by atoms with E-state index >= 15 is 0 Å². The summed E-state index contributed by atoms with van der Waals surface area (Å²) in [6, 6.07) is 0. The second kappa shape index (κ2) is 5.35. The molecule has 0 aromatic rings. The molecule has 0 fully saturated rings. The van der Waals surface area contributed by atoms with Crippen molar-refractivity contribution in [2.75, 3.05) is 13.7 Å². The predicted octanol–water partition coefficient (Wildman–Crippen LogP) is 2.25. The largest absolute Gasteiger partial charge is 0.466 e. The molecule has 0 bridgehead atoms. The Hall–Kier alpha value is -0.570. The Morgan fingerprint density at radius 2 is 1.86 bits per heavy atom. The number of methoxy groups -OCH3 is 1. The highest BCUT2D eigenvalue weighted by Gasteiger charge is 2.39. The SMILES string of the molecule is CCOC(=O)[C@H](C)[C@](C)(OC)C(C)C. The third-order valence-electron chi connectivity index (χ3n) is 3.09. The van der Waals surface area contributed by atoms with E-state index in [0.29, 0.717) is 6.61 Å². The summed E-state index contributed by atoms with van der Waals surface area (Å²) in [6.07, 6.45) is 0. The number of ether oxygens (including phenoxy) is 2. The van der Waals surface area contributed by atoms with Crippen molar-refractivity contribution < 1.29 is 14.3 Å². The lowest BCUT2D eigenvalue weighted by Crippen LogP contribution is -2.45. The normalized spacial score (nSPS) is 17.6. The minimum Gasteiger partial charge on any atom is -0.466 e. The number of hydrogen-bond acceptors (Lipinski definition) is 3. The summed E-state index contributed by atoms with van der Waals surface area (Å²) in [5.41, 5.74) is -0.452. The Bertz CT molecular complexity index is 189. The Kier molecular flexibility index (Phi) is 5.13. The van der Waals surface area contributed by atoms with Crippen molar-refractivity contribution in [3.05, 3.63) is 0 Å². The molecule has 84 valence electrons. The summed E-state index contributed by atoms with van der Waals surface area (Å²) in [5, 5.41) is 0. The Labute approximate surface area is 86.8 Å². The molecule has 0 spiro atoms. The number of carbonyl (C=O) groups excluding carboxylic acids is 1. The summed E-state index contributed by atoms with van der Waals surface area (Å²) >= 11 is 0. The van der Waals surface area contributed by atoms with Crippen LogP contribution < -0.4 is 0 Å². The van der Waals surface area contributed by atoms with Crippen molar-refractivity contribution in [3.8, 4) is 0 Å². The van der Waals surface area contributed by atoms with E-state index in [1.807, 2.05) is 34.6 Å². The Balaban J connectivity index is 4.60. The topological polar surface area (TPSA) is 35.5 Å². The first-order valence-corrected chi connectivity index (χ1v) is 5.11. The number of esters is 1. The lowest BCUT2D eigenvalue weighted by atomic mass is 9.81. The van der Waals surface area contributed by atoms with Crippen molar-refractivity contribution in [1.82, 2.24) is 0 Å². The van der Waals surface area contributed by atoms with Gasteiger partial charge in [0.05, 0.1) is 18.1 Å². The fourth-order valence-corrected chi connectivity index (χ4v) is 1.41. The molecule has 0 N–H and O–H groups in total. The molecular formula is C11H22O3.